The molecule has 0 spiro atoms. The number of nitrogens with one attached hydrogen (secondary N) is 1. The summed E-state index contributed by atoms with van der Waals surface area (Å²) in [6.07, 6.45) is 4.45. The van der Waals surface area contributed by atoms with Crippen LogP contribution in [0.1, 0.15) is 44.6 Å². The van der Waals surface area contributed by atoms with Gasteiger partial charge in [0.1, 0.15) is 11.9 Å². The Kier molecular flexibility index (Phi) is 7.55. The lowest BCUT2D eigenvalue weighted by Gasteiger charge is -2.32. The summed E-state index contributed by atoms with van der Waals surface area (Å²) in [5, 5.41) is 3.00. The zero-order valence-electron chi connectivity index (χ0n) is 17.7. The number of piperidine rings is 1. The van der Waals surface area contributed by atoms with Crippen LogP contribution in [-0.4, -0.2) is 36.5 Å². The van der Waals surface area contributed by atoms with Crippen molar-refractivity contribution in [3.05, 3.63) is 59.7 Å². The van der Waals surface area contributed by atoms with Crippen LogP contribution < -0.4 is 10.1 Å². The van der Waals surface area contributed by atoms with E-state index in [-0.39, 0.29) is 30.2 Å². The normalized spacial score (nSPS) is 21.3. The molecule has 2 heterocycles. The van der Waals surface area contributed by atoms with E-state index in [1.165, 1.54) is 12.1 Å². The van der Waals surface area contributed by atoms with Gasteiger partial charge in [0, 0.05) is 24.8 Å². The molecular formula is C24H29ClF2N2O2. The van der Waals surface area contributed by atoms with Crippen molar-refractivity contribution in [3.63, 3.8) is 0 Å². The van der Waals surface area contributed by atoms with Crippen molar-refractivity contribution in [2.75, 3.05) is 25.0 Å². The molecule has 1 fully saturated rings. The van der Waals surface area contributed by atoms with Crippen LogP contribution in [0.5, 0.6) is 5.75 Å². The van der Waals surface area contributed by atoms with Gasteiger partial charge in [-0.3, -0.25) is 4.79 Å². The first-order chi connectivity index (χ1) is 14.5. The Labute approximate surface area is 188 Å². The number of halogens is 3. The van der Waals surface area contributed by atoms with Gasteiger partial charge in [-0.1, -0.05) is 24.6 Å². The quantitative estimate of drug-likeness (QED) is 0.581. The molecule has 1 atom stereocenters. The number of likely N-dealkylation sites (tertiary alicyclic amines) is 1. The van der Waals surface area contributed by atoms with E-state index in [0.717, 1.165) is 69.1 Å². The van der Waals surface area contributed by atoms with Crippen LogP contribution in [0.3, 0.4) is 0 Å². The number of amides is 1. The van der Waals surface area contributed by atoms with Gasteiger partial charge < -0.3 is 15.0 Å². The van der Waals surface area contributed by atoms with E-state index < -0.39 is 17.0 Å². The summed E-state index contributed by atoms with van der Waals surface area (Å²) in [5.74, 6) is -1.03. The van der Waals surface area contributed by atoms with Crippen LogP contribution in [0.2, 0.25) is 0 Å². The number of fused-ring (bicyclic) bond motifs is 1. The molecule has 31 heavy (non-hydrogen) atoms. The highest BCUT2D eigenvalue weighted by atomic mass is 35.5. The van der Waals surface area contributed by atoms with Gasteiger partial charge in [-0.15, -0.1) is 12.4 Å². The van der Waals surface area contributed by atoms with Crippen LogP contribution >= 0.6 is 12.4 Å². The monoisotopic (exact) mass is 450 g/mol. The number of carbonyl (C=O) groups is 1. The Morgan fingerprint density at radius 2 is 1.87 bits per heavy atom. The van der Waals surface area contributed by atoms with E-state index in [9.17, 15) is 13.6 Å². The lowest BCUT2D eigenvalue weighted by molar-refractivity contribution is -0.120. The Hall–Kier alpha value is -2.18. The molecule has 1 amide bonds. The number of para-hydroxylation sites is 1. The van der Waals surface area contributed by atoms with Gasteiger partial charge in [0.05, 0.1) is 5.41 Å². The highest BCUT2D eigenvalue weighted by Crippen LogP contribution is 2.40. The molecule has 2 aliphatic heterocycles. The number of benzene rings is 2. The van der Waals surface area contributed by atoms with Gasteiger partial charge in [0.25, 0.3) is 0 Å². The van der Waals surface area contributed by atoms with Crippen LogP contribution in [0, 0.1) is 11.6 Å². The highest BCUT2D eigenvalue weighted by Gasteiger charge is 2.41. The van der Waals surface area contributed by atoms with Crippen molar-refractivity contribution in [2.24, 2.45) is 0 Å². The third-order valence-electron chi connectivity index (χ3n) is 6.39. The fraction of sp³-hybridized carbons (Fsp3) is 0.458. The lowest BCUT2D eigenvalue weighted by atomic mass is 9.79. The Morgan fingerprint density at radius 1 is 1.13 bits per heavy atom. The average molecular weight is 451 g/mol. The average Bonchev–Trinajstić information content (AvgIpc) is 2.99. The fourth-order valence-corrected chi connectivity index (χ4v) is 4.52. The number of carbonyl (C=O) groups excluding carboxylic acids is 1. The Morgan fingerprint density at radius 3 is 2.61 bits per heavy atom. The van der Waals surface area contributed by atoms with Crippen LogP contribution in [0.25, 0.3) is 0 Å². The van der Waals surface area contributed by atoms with Crippen LogP contribution in [-0.2, 0) is 10.2 Å². The topological polar surface area (TPSA) is 41.6 Å². The number of ether oxygens (including phenoxy) is 1. The predicted octanol–water partition coefficient (Wildman–Crippen LogP) is 5.31. The second kappa shape index (κ2) is 9.96. The first-order valence-corrected chi connectivity index (χ1v) is 10.7. The standard InChI is InChI=1S/C24H28F2N2O2.ClH/c1-24(19-6-2-3-7-21(19)27-23(24)29)12-4-5-13-28-14-10-18(11-15-28)30-22-9-8-17(25)16-20(22)26;/h2-3,6-9,16,18H,4-5,10-15H2,1H3,(H,27,29);1H. The molecule has 1 saturated heterocycles. The molecule has 2 aliphatic rings. The molecule has 1 unspecified atom stereocenters. The number of unbranched alkanes of at least 4 members (excludes halogenated alkanes) is 1. The zero-order valence-corrected chi connectivity index (χ0v) is 18.5. The third-order valence-corrected chi connectivity index (χ3v) is 6.39. The van der Waals surface area contributed by atoms with Crippen molar-refractivity contribution >= 4 is 24.0 Å². The maximum Gasteiger partial charge on any atom is 0.234 e. The van der Waals surface area contributed by atoms with Gasteiger partial charge in [-0.25, -0.2) is 8.78 Å². The van der Waals surface area contributed by atoms with Crippen LogP contribution in [0.15, 0.2) is 42.5 Å². The van der Waals surface area contributed by atoms with E-state index in [1.54, 1.807) is 0 Å². The van der Waals surface area contributed by atoms with Crippen molar-refractivity contribution in [3.8, 4) is 5.75 Å². The largest absolute Gasteiger partial charge is 0.487 e. The van der Waals surface area contributed by atoms with E-state index in [0.29, 0.717) is 0 Å². The second-order valence-corrected chi connectivity index (χ2v) is 8.52. The van der Waals surface area contributed by atoms with E-state index >= 15 is 0 Å². The minimum absolute atomic E-state index is 0. The first-order valence-electron chi connectivity index (χ1n) is 10.7. The molecule has 2 aromatic carbocycles. The first kappa shape index (κ1) is 23.5. The van der Waals surface area contributed by atoms with E-state index in [1.807, 2.05) is 31.2 Å². The summed E-state index contributed by atoms with van der Waals surface area (Å²) in [4.78, 5) is 14.9. The minimum Gasteiger partial charge on any atom is -0.487 e. The lowest BCUT2D eigenvalue weighted by Crippen LogP contribution is -2.39. The molecule has 0 aromatic heterocycles. The summed E-state index contributed by atoms with van der Waals surface area (Å²) in [7, 11) is 0. The van der Waals surface area contributed by atoms with Gasteiger partial charge in [0.2, 0.25) is 5.91 Å². The Bertz CT molecular complexity index is 918. The summed E-state index contributed by atoms with van der Waals surface area (Å²) < 4.78 is 32.5. The van der Waals surface area contributed by atoms with Crippen molar-refractivity contribution in [1.29, 1.82) is 0 Å². The zero-order chi connectivity index (χ0) is 21.1. The summed E-state index contributed by atoms with van der Waals surface area (Å²) >= 11 is 0. The molecule has 2 aromatic rings. The summed E-state index contributed by atoms with van der Waals surface area (Å²) in [5.41, 5.74) is 1.59. The molecule has 7 heteroatoms. The summed E-state index contributed by atoms with van der Waals surface area (Å²) in [6, 6.07) is 11.4. The van der Waals surface area contributed by atoms with Crippen molar-refractivity contribution in [2.45, 2.75) is 50.5 Å². The minimum atomic E-state index is -0.650. The molecule has 1 N–H and O–H groups in total. The molecule has 0 radical (unpaired) electrons. The molecule has 0 aliphatic carbocycles. The maximum absolute atomic E-state index is 13.8. The van der Waals surface area contributed by atoms with Crippen molar-refractivity contribution < 1.29 is 18.3 Å². The molecule has 4 rings (SSSR count). The smallest absolute Gasteiger partial charge is 0.234 e. The molecule has 0 bridgehead atoms. The number of anilines is 1. The van der Waals surface area contributed by atoms with Crippen LogP contribution in [0.4, 0.5) is 14.5 Å². The number of rotatable bonds is 7. The highest BCUT2D eigenvalue weighted by molar-refractivity contribution is 6.05. The van der Waals surface area contributed by atoms with Gasteiger partial charge in [-0.05, 0) is 62.9 Å². The van der Waals surface area contributed by atoms with Gasteiger partial charge in [0.15, 0.2) is 11.6 Å². The van der Waals surface area contributed by atoms with E-state index in [2.05, 4.69) is 10.2 Å². The molecule has 4 nitrogen and oxygen atoms in total. The maximum atomic E-state index is 13.8. The van der Waals surface area contributed by atoms with Crippen molar-refractivity contribution in [1.82, 2.24) is 4.90 Å². The van der Waals surface area contributed by atoms with Gasteiger partial charge >= 0.3 is 0 Å². The Balaban J connectivity index is 0.00000272. The van der Waals surface area contributed by atoms with Gasteiger partial charge in [-0.2, -0.15) is 0 Å². The molecule has 168 valence electrons. The third kappa shape index (κ3) is 5.18. The molecule has 0 saturated carbocycles. The SMILES string of the molecule is CC1(CCCCN2CCC(Oc3ccc(F)cc3F)CC2)C(=O)Nc2ccccc21.Cl. The van der Waals surface area contributed by atoms with E-state index in [4.69, 9.17) is 4.74 Å². The second-order valence-electron chi connectivity index (χ2n) is 8.52. The number of hydrogen-bond donors (Lipinski definition) is 1. The number of nitrogens with zero attached hydrogens (tertiary/aromatic N) is 1. The molecular weight excluding hydrogens is 422 g/mol. The fourth-order valence-electron chi connectivity index (χ4n) is 4.52. The summed E-state index contributed by atoms with van der Waals surface area (Å²) in [6.45, 7) is 4.81. The number of hydrogen-bond acceptors (Lipinski definition) is 3. The predicted molar refractivity (Wildman–Crippen MR) is 120 cm³/mol.